The van der Waals surface area contributed by atoms with E-state index in [1.165, 1.54) is 36.4 Å². The summed E-state index contributed by atoms with van der Waals surface area (Å²) in [6, 6.07) is 12.3. The molecule has 0 aromatic heterocycles. The first-order valence-corrected chi connectivity index (χ1v) is 4.76. The van der Waals surface area contributed by atoms with Crippen LogP contribution < -0.4 is 4.74 Å². The van der Waals surface area contributed by atoms with Gasteiger partial charge < -0.3 is 4.74 Å². The highest BCUT2D eigenvalue weighted by atomic mass is 19.1. The van der Waals surface area contributed by atoms with Crippen LogP contribution in [0.4, 0.5) is 10.1 Å². The first-order valence-electron chi connectivity index (χ1n) is 4.76. The van der Waals surface area contributed by atoms with Crippen LogP contribution in [0.25, 0.3) is 0 Å². The molecule has 0 amide bonds. The van der Waals surface area contributed by atoms with Gasteiger partial charge in [0.25, 0.3) is 0 Å². The molecule has 85 valence electrons. The number of rotatable bonds is 3. The molecule has 5 heteroatoms. The van der Waals surface area contributed by atoms with Crippen molar-refractivity contribution in [2.75, 3.05) is 0 Å². The van der Waals surface area contributed by atoms with Gasteiger partial charge in [0.2, 0.25) is 5.75 Å². The van der Waals surface area contributed by atoms with Crippen LogP contribution >= 0.6 is 0 Å². The number of halogens is 1. The zero-order valence-electron chi connectivity index (χ0n) is 8.59. The maximum atomic E-state index is 12.9. The zero-order valence-corrected chi connectivity index (χ0v) is 8.59. The summed E-state index contributed by atoms with van der Waals surface area (Å²) in [5.41, 5.74) is -0.176. The van der Waals surface area contributed by atoms with Crippen LogP contribution in [0.15, 0.2) is 42.5 Å². The van der Waals surface area contributed by atoms with E-state index in [9.17, 15) is 14.5 Å². The molecule has 0 bridgehead atoms. The van der Waals surface area contributed by atoms with E-state index in [2.05, 4.69) is 6.07 Å². The highest BCUT2D eigenvalue weighted by molar-refractivity contribution is 5.47. The Hall–Kier alpha value is -2.43. The van der Waals surface area contributed by atoms with E-state index in [4.69, 9.17) is 4.74 Å². The fraction of sp³-hybridized carbons (Fsp3) is 0. The van der Waals surface area contributed by atoms with Crippen molar-refractivity contribution in [2.45, 2.75) is 0 Å². The van der Waals surface area contributed by atoms with Gasteiger partial charge in [0.05, 0.1) is 11.0 Å². The number of nitrogens with zero attached hydrogens (tertiary/aromatic N) is 1. The van der Waals surface area contributed by atoms with Crippen molar-refractivity contribution < 1.29 is 14.1 Å². The van der Waals surface area contributed by atoms with Gasteiger partial charge in [-0.05, 0) is 18.2 Å². The number of para-hydroxylation sites is 2. The number of benzene rings is 2. The topological polar surface area (TPSA) is 52.4 Å². The predicted octanol–water partition coefficient (Wildman–Crippen LogP) is 3.33. The molecule has 0 atom stereocenters. The van der Waals surface area contributed by atoms with E-state index in [1.807, 2.05) is 0 Å². The summed E-state index contributed by atoms with van der Waals surface area (Å²) in [6.07, 6.45) is 0. The Kier molecular flexibility index (Phi) is 3.00. The molecular weight excluding hydrogens is 225 g/mol. The van der Waals surface area contributed by atoms with Crippen LogP contribution in [-0.2, 0) is 0 Å². The van der Waals surface area contributed by atoms with Gasteiger partial charge in [-0.1, -0.05) is 18.2 Å². The largest absolute Gasteiger partial charge is 0.449 e. The van der Waals surface area contributed by atoms with Gasteiger partial charge in [0.15, 0.2) is 0 Å². The van der Waals surface area contributed by atoms with Crippen molar-refractivity contribution in [3.8, 4) is 11.5 Å². The first kappa shape index (κ1) is 11.1. The average molecular weight is 232 g/mol. The lowest BCUT2D eigenvalue weighted by Crippen LogP contribution is -1.93. The number of hydrogen-bond acceptors (Lipinski definition) is 3. The zero-order chi connectivity index (χ0) is 12.3. The summed E-state index contributed by atoms with van der Waals surface area (Å²) in [4.78, 5) is 10.2. The fourth-order valence-corrected chi connectivity index (χ4v) is 1.29. The first-order chi connectivity index (χ1) is 8.16. The van der Waals surface area contributed by atoms with Crippen molar-refractivity contribution in [1.82, 2.24) is 0 Å². The van der Waals surface area contributed by atoms with Gasteiger partial charge in [-0.2, -0.15) is 0 Å². The average Bonchev–Trinajstić information content (AvgIpc) is 2.29. The predicted molar refractivity (Wildman–Crippen MR) is 58.4 cm³/mol. The summed E-state index contributed by atoms with van der Waals surface area (Å²) in [5, 5.41) is 10.7. The molecule has 0 aliphatic heterocycles. The molecule has 0 heterocycles. The second-order valence-corrected chi connectivity index (χ2v) is 3.19. The quantitative estimate of drug-likeness (QED) is 0.602. The maximum absolute atomic E-state index is 12.9. The molecule has 2 rings (SSSR count). The van der Waals surface area contributed by atoms with Gasteiger partial charge in [-0.25, -0.2) is 4.39 Å². The van der Waals surface area contributed by atoms with E-state index in [0.29, 0.717) is 0 Å². The fourth-order valence-electron chi connectivity index (χ4n) is 1.29. The van der Waals surface area contributed by atoms with Crippen molar-refractivity contribution in [3.63, 3.8) is 0 Å². The second-order valence-electron chi connectivity index (χ2n) is 3.19. The van der Waals surface area contributed by atoms with E-state index in [-0.39, 0.29) is 17.2 Å². The number of nitro benzene ring substituents is 1. The molecule has 1 radical (unpaired) electrons. The lowest BCUT2D eigenvalue weighted by molar-refractivity contribution is -0.385. The summed E-state index contributed by atoms with van der Waals surface area (Å²) >= 11 is 0. The van der Waals surface area contributed by atoms with E-state index in [0.717, 1.165) is 0 Å². The number of hydrogen-bond donors (Lipinski definition) is 0. The van der Waals surface area contributed by atoms with E-state index >= 15 is 0 Å². The SMILES string of the molecule is O=[N+]([O-])c1ccccc1Oc1[c]c(F)ccc1. The molecule has 0 aliphatic carbocycles. The highest BCUT2D eigenvalue weighted by Crippen LogP contribution is 2.30. The summed E-state index contributed by atoms with van der Waals surface area (Å²) in [6.45, 7) is 0. The Morgan fingerprint density at radius 1 is 1.18 bits per heavy atom. The number of nitro groups is 1. The van der Waals surface area contributed by atoms with Gasteiger partial charge >= 0.3 is 5.69 Å². The minimum atomic E-state index is -0.582. The molecule has 2 aromatic rings. The van der Waals surface area contributed by atoms with Crippen LogP contribution in [0, 0.1) is 22.0 Å². The maximum Gasteiger partial charge on any atom is 0.311 e. The smallest absolute Gasteiger partial charge is 0.311 e. The Bertz CT molecular complexity index is 557. The third-order valence-electron chi connectivity index (χ3n) is 2.01. The lowest BCUT2D eigenvalue weighted by atomic mass is 10.3. The molecular formula is C12H7FNO3. The Morgan fingerprint density at radius 3 is 2.65 bits per heavy atom. The molecule has 0 fully saturated rings. The van der Waals surface area contributed by atoms with Crippen molar-refractivity contribution in [1.29, 1.82) is 0 Å². The summed E-state index contributed by atoms with van der Waals surface area (Å²) in [5.74, 6) is -0.431. The molecule has 0 spiro atoms. The normalized spacial score (nSPS) is 9.94. The van der Waals surface area contributed by atoms with Crippen LogP contribution in [0.2, 0.25) is 0 Å². The van der Waals surface area contributed by atoms with E-state index in [1.54, 1.807) is 6.07 Å². The van der Waals surface area contributed by atoms with Gasteiger partial charge in [-0.15, -0.1) is 0 Å². The molecule has 0 unspecified atom stereocenters. The van der Waals surface area contributed by atoms with Crippen LogP contribution in [0.5, 0.6) is 11.5 Å². The monoisotopic (exact) mass is 232 g/mol. The van der Waals surface area contributed by atoms with Crippen molar-refractivity contribution in [2.24, 2.45) is 0 Å². The second kappa shape index (κ2) is 4.61. The van der Waals surface area contributed by atoms with Crippen LogP contribution in [0.3, 0.4) is 0 Å². The number of ether oxygens (including phenoxy) is 1. The summed E-state index contributed by atoms with van der Waals surface area (Å²) < 4.78 is 18.1. The molecule has 4 nitrogen and oxygen atoms in total. The molecule has 2 aromatic carbocycles. The van der Waals surface area contributed by atoms with Crippen LogP contribution in [0.1, 0.15) is 0 Å². The van der Waals surface area contributed by atoms with Gasteiger partial charge in [-0.3, -0.25) is 10.1 Å². The minimum absolute atomic E-state index is 0.0550. The molecule has 17 heavy (non-hydrogen) atoms. The third-order valence-corrected chi connectivity index (χ3v) is 2.01. The highest BCUT2D eigenvalue weighted by Gasteiger charge is 2.14. The van der Waals surface area contributed by atoms with Gasteiger partial charge in [0.1, 0.15) is 11.6 Å². The Balaban J connectivity index is 2.33. The molecule has 0 N–H and O–H groups in total. The Morgan fingerprint density at radius 2 is 1.94 bits per heavy atom. The van der Waals surface area contributed by atoms with Crippen molar-refractivity contribution >= 4 is 5.69 Å². The van der Waals surface area contributed by atoms with Gasteiger partial charge in [0, 0.05) is 6.07 Å². The summed E-state index contributed by atoms with van der Waals surface area (Å²) in [7, 11) is 0. The van der Waals surface area contributed by atoms with Crippen LogP contribution in [-0.4, -0.2) is 4.92 Å². The van der Waals surface area contributed by atoms with Crippen molar-refractivity contribution in [3.05, 3.63) is 64.5 Å². The standard InChI is InChI=1S/C12H7FNO3/c13-9-4-3-5-10(8-9)17-12-7-2-1-6-11(12)14(15)16/h1-7H. The third kappa shape index (κ3) is 2.57. The van der Waals surface area contributed by atoms with E-state index < -0.39 is 10.7 Å². The molecule has 0 saturated heterocycles. The molecule has 0 aliphatic rings. The lowest BCUT2D eigenvalue weighted by Gasteiger charge is -2.05. The Labute approximate surface area is 96.4 Å². The molecule has 0 saturated carbocycles. The minimum Gasteiger partial charge on any atom is -0.449 e.